The molecule has 1 aliphatic carbocycles. The SMILES string of the molecule is C1CC2OCCN(CCC3COCCN3)C2C1. The largest absolute Gasteiger partial charge is 0.379 e. The van der Waals surface area contributed by atoms with E-state index in [0.29, 0.717) is 18.2 Å². The summed E-state index contributed by atoms with van der Waals surface area (Å²) in [5.74, 6) is 0. The zero-order valence-corrected chi connectivity index (χ0v) is 10.6. The Morgan fingerprint density at radius 1 is 1.24 bits per heavy atom. The van der Waals surface area contributed by atoms with E-state index in [-0.39, 0.29) is 0 Å². The minimum atomic E-state index is 0.527. The molecular formula is C13H24N2O2. The summed E-state index contributed by atoms with van der Waals surface area (Å²) < 4.78 is 11.3. The Balaban J connectivity index is 1.47. The van der Waals surface area contributed by atoms with Crippen LogP contribution < -0.4 is 5.32 Å². The minimum absolute atomic E-state index is 0.527. The smallest absolute Gasteiger partial charge is 0.0730 e. The van der Waals surface area contributed by atoms with Gasteiger partial charge < -0.3 is 14.8 Å². The maximum Gasteiger partial charge on any atom is 0.0730 e. The summed E-state index contributed by atoms with van der Waals surface area (Å²) in [5.41, 5.74) is 0. The molecule has 1 N–H and O–H groups in total. The van der Waals surface area contributed by atoms with Gasteiger partial charge in [0.25, 0.3) is 0 Å². The number of morpholine rings is 2. The van der Waals surface area contributed by atoms with E-state index in [1.54, 1.807) is 0 Å². The van der Waals surface area contributed by atoms with Crippen LogP contribution in [-0.4, -0.2) is 62.5 Å². The van der Waals surface area contributed by atoms with Gasteiger partial charge in [-0.05, 0) is 25.7 Å². The van der Waals surface area contributed by atoms with Crippen molar-refractivity contribution < 1.29 is 9.47 Å². The first-order chi connectivity index (χ1) is 8.43. The molecule has 4 nitrogen and oxygen atoms in total. The summed E-state index contributed by atoms with van der Waals surface area (Å²) in [6.45, 7) is 6.02. The number of ether oxygens (including phenoxy) is 2. The van der Waals surface area contributed by atoms with Crippen LogP contribution in [0.4, 0.5) is 0 Å². The predicted molar refractivity (Wildman–Crippen MR) is 66.2 cm³/mol. The molecule has 17 heavy (non-hydrogen) atoms. The third-order valence-electron chi connectivity index (χ3n) is 4.36. The van der Waals surface area contributed by atoms with Crippen LogP contribution in [0.3, 0.4) is 0 Å². The van der Waals surface area contributed by atoms with Crippen LogP contribution in [0.25, 0.3) is 0 Å². The third-order valence-corrected chi connectivity index (χ3v) is 4.36. The molecule has 1 saturated carbocycles. The van der Waals surface area contributed by atoms with Crippen LogP contribution in [-0.2, 0) is 9.47 Å². The summed E-state index contributed by atoms with van der Waals surface area (Å²) in [6.07, 6.45) is 5.68. The van der Waals surface area contributed by atoms with E-state index >= 15 is 0 Å². The van der Waals surface area contributed by atoms with Gasteiger partial charge in [-0.25, -0.2) is 0 Å². The van der Waals surface area contributed by atoms with Crippen LogP contribution in [0.2, 0.25) is 0 Å². The van der Waals surface area contributed by atoms with Crippen LogP contribution in [0, 0.1) is 0 Å². The van der Waals surface area contributed by atoms with Gasteiger partial charge in [-0.3, -0.25) is 4.90 Å². The zero-order valence-electron chi connectivity index (χ0n) is 10.6. The lowest BCUT2D eigenvalue weighted by molar-refractivity contribution is -0.0576. The number of fused-ring (bicyclic) bond motifs is 1. The van der Waals surface area contributed by atoms with Crippen molar-refractivity contribution in [3.05, 3.63) is 0 Å². The van der Waals surface area contributed by atoms with E-state index in [2.05, 4.69) is 10.2 Å². The monoisotopic (exact) mass is 240 g/mol. The minimum Gasteiger partial charge on any atom is -0.379 e. The molecule has 2 heterocycles. The lowest BCUT2D eigenvalue weighted by Crippen LogP contribution is -2.50. The van der Waals surface area contributed by atoms with Crippen LogP contribution >= 0.6 is 0 Å². The van der Waals surface area contributed by atoms with E-state index in [0.717, 1.165) is 32.9 Å². The zero-order chi connectivity index (χ0) is 11.5. The van der Waals surface area contributed by atoms with Gasteiger partial charge in [-0.15, -0.1) is 0 Å². The molecule has 3 atom stereocenters. The Hall–Kier alpha value is -0.160. The van der Waals surface area contributed by atoms with E-state index in [1.165, 1.54) is 32.2 Å². The quantitative estimate of drug-likeness (QED) is 0.784. The second kappa shape index (κ2) is 5.65. The first kappa shape index (κ1) is 11.9. The molecule has 0 radical (unpaired) electrons. The van der Waals surface area contributed by atoms with Crippen molar-refractivity contribution in [2.75, 3.05) is 39.5 Å². The van der Waals surface area contributed by atoms with Crippen LogP contribution in [0.15, 0.2) is 0 Å². The van der Waals surface area contributed by atoms with Crippen molar-refractivity contribution >= 4 is 0 Å². The molecular weight excluding hydrogens is 216 g/mol. The van der Waals surface area contributed by atoms with Crippen LogP contribution in [0.1, 0.15) is 25.7 Å². The first-order valence-electron chi connectivity index (χ1n) is 7.10. The average molecular weight is 240 g/mol. The van der Waals surface area contributed by atoms with E-state index < -0.39 is 0 Å². The summed E-state index contributed by atoms with van der Waals surface area (Å²) in [4.78, 5) is 2.65. The standard InChI is InChI=1S/C13H24N2O2/c1-2-12-13(3-1)17-9-7-15(12)6-4-11-10-16-8-5-14-11/h11-14H,1-10H2. The van der Waals surface area contributed by atoms with E-state index in [1.807, 2.05) is 0 Å². The average Bonchev–Trinajstić information content (AvgIpc) is 2.86. The second-order valence-electron chi connectivity index (χ2n) is 5.46. The van der Waals surface area contributed by atoms with Crippen molar-refractivity contribution in [1.82, 2.24) is 10.2 Å². The lowest BCUT2D eigenvalue weighted by atomic mass is 10.1. The second-order valence-corrected chi connectivity index (χ2v) is 5.46. The molecule has 0 bridgehead atoms. The molecule has 0 aromatic rings. The van der Waals surface area contributed by atoms with E-state index in [4.69, 9.17) is 9.47 Å². The van der Waals surface area contributed by atoms with Gasteiger partial charge in [0.1, 0.15) is 0 Å². The number of hydrogen-bond acceptors (Lipinski definition) is 4. The summed E-state index contributed by atoms with van der Waals surface area (Å²) in [6, 6.07) is 1.26. The van der Waals surface area contributed by atoms with Gasteiger partial charge in [0.15, 0.2) is 0 Å². The first-order valence-corrected chi connectivity index (χ1v) is 7.10. The Kier molecular flexibility index (Phi) is 3.96. The van der Waals surface area contributed by atoms with Gasteiger partial charge in [0.2, 0.25) is 0 Å². The molecule has 3 fully saturated rings. The van der Waals surface area contributed by atoms with Gasteiger partial charge in [-0.1, -0.05) is 0 Å². The fourth-order valence-corrected chi connectivity index (χ4v) is 3.41. The Morgan fingerprint density at radius 3 is 3.12 bits per heavy atom. The fourth-order valence-electron chi connectivity index (χ4n) is 3.41. The highest BCUT2D eigenvalue weighted by atomic mass is 16.5. The topological polar surface area (TPSA) is 33.7 Å². The molecule has 3 rings (SSSR count). The highest BCUT2D eigenvalue weighted by Crippen LogP contribution is 2.29. The molecule has 0 aromatic heterocycles. The van der Waals surface area contributed by atoms with Crippen molar-refractivity contribution in [3.8, 4) is 0 Å². The summed E-state index contributed by atoms with van der Waals surface area (Å²) in [5, 5.41) is 3.54. The molecule has 3 unspecified atom stereocenters. The normalized spacial score (nSPS) is 39.2. The summed E-state index contributed by atoms with van der Waals surface area (Å²) >= 11 is 0. The summed E-state index contributed by atoms with van der Waals surface area (Å²) in [7, 11) is 0. The third kappa shape index (κ3) is 2.81. The molecule has 2 aliphatic heterocycles. The van der Waals surface area contributed by atoms with Crippen molar-refractivity contribution in [3.63, 3.8) is 0 Å². The number of hydrogen-bond donors (Lipinski definition) is 1. The highest BCUT2D eigenvalue weighted by Gasteiger charge is 2.35. The molecule has 0 aromatic carbocycles. The van der Waals surface area contributed by atoms with Crippen molar-refractivity contribution in [1.29, 1.82) is 0 Å². The maximum absolute atomic E-state index is 5.84. The highest BCUT2D eigenvalue weighted by molar-refractivity contribution is 4.89. The van der Waals surface area contributed by atoms with Crippen molar-refractivity contribution in [2.24, 2.45) is 0 Å². The Bertz CT molecular complexity index is 244. The van der Waals surface area contributed by atoms with Gasteiger partial charge >= 0.3 is 0 Å². The molecule has 0 spiro atoms. The fraction of sp³-hybridized carbons (Fsp3) is 1.00. The lowest BCUT2D eigenvalue weighted by Gasteiger charge is -2.38. The molecule has 4 heteroatoms. The predicted octanol–water partition coefficient (Wildman–Crippen LogP) is 0.618. The number of rotatable bonds is 3. The van der Waals surface area contributed by atoms with Crippen molar-refractivity contribution in [2.45, 2.75) is 43.9 Å². The maximum atomic E-state index is 5.84. The Labute approximate surface area is 104 Å². The Morgan fingerprint density at radius 2 is 2.24 bits per heavy atom. The van der Waals surface area contributed by atoms with E-state index in [9.17, 15) is 0 Å². The number of nitrogens with zero attached hydrogens (tertiary/aromatic N) is 1. The van der Waals surface area contributed by atoms with Gasteiger partial charge in [-0.2, -0.15) is 0 Å². The van der Waals surface area contributed by atoms with Crippen LogP contribution in [0.5, 0.6) is 0 Å². The van der Waals surface area contributed by atoms with Gasteiger partial charge in [0, 0.05) is 31.7 Å². The number of nitrogens with one attached hydrogen (secondary N) is 1. The molecule has 2 saturated heterocycles. The van der Waals surface area contributed by atoms with Gasteiger partial charge in [0.05, 0.1) is 25.9 Å². The molecule has 98 valence electrons. The molecule has 0 amide bonds. The molecule has 3 aliphatic rings.